The van der Waals surface area contributed by atoms with Gasteiger partial charge in [-0.2, -0.15) is 8.75 Å². The highest BCUT2D eigenvalue weighted by molar-refractivity contribution is 7.00. The largest absolute Gasteiger partial charge is 0.172 e. The first kappa shape index (κ1) is 18.4. The molecule has 27 heavy (non-hydrogen) atoms. The Morgan fingerprint density at radius 1 is 0.556 bits per heavy atom. The Kier molecular flexibility index (Phi) is 4.27. The number of benzene rings is 1. The minimum Gasteiger partial charge on any atom is -0.172 e. The molecule has 0 amide bonds. The van der Waals surface area contributed by atoms with E-state index < -0.39 is 0 Å². The zero-order valence-corrected chi connectivity index (χ0v) is 18.5. The first-order valence-electron chi connectivity index (χ1n) is 9.73. The Labute approximate surface area is 166 Å². The highest BCUT2D eigenvalue weighted by Gasteiger charge is 2.28. The summed E-state index contributed by atoms with van der Waals surface area (Å²) in [7, 11) is 0. The molecule has 1 heterocycles. The van der Waals surface area contributed by atoms with Crippen molar-refractivity contribution < 1.29 is 0 Å². The SMILES string of the molecule is CC1=C(C)C(C)=C(c2c(C)c(C)c(C3=C(C)C(C)=C(C)C3)c3nsnc23)C1. The zero-order chi connectivity index (χ0) is 19.6. The molecule has 0 saturated carbocycles. The van der Waals surface area contributed by atoms with Crippen LogP contribution < -0.4 is 0 Å². The average molecular weight is 377 g/mol. The minimum absolute atomic E-state index is 1.03. The molecule has 140 valence electrons. The third-order valence-corrected chi connectivity index (χ3v) is 7.60. The van der Waals surface area contributed by atoms with Gasteiger partial charge in [0.2, 0.25) is 0 Å². The number of allylic oxidation sites excluding steroid dienone is 8. The van der Waals surface area contributed by atoms with E-state index in [0.717, 1.165) is 23.9 Å². The summed E-state index contributed by atoms with van der Waals surface area (Å²) in [4.78, 5) is 0. The molecule has 1 aromatic heterocycles. The molecular formula is C24H28N2S. The highest BCUT2D eigenvalue weighted by Crippen LogP contribution is 2.46. The molecule has 3 heteroatoms. The van der Waals surface area contributed by atoms with Crippen molar-refractivity contribution in [1.82, 2.24) is 8.75 Å². The number of hydrogen-bond donors (Lipinski definition) is 0. The van der Waals surface area contributed by atoms with Crippen LogP contribution in [0.3, 0.4) is 0 Å². The van der Waals surface area contributed by atoms with E-state index in [2.05, 4.69) is 55.4 Å². The van der Waals surface area contributed by atoms with Crippen molar-refractivity contribution in [3.05, 3.63) is 55.7 Å². The third kappa shape index (κ3) is 2.51. The van der Waals surface area contributed by atoms with Gasteiger partial charge in [-0.1, -0.05) is 11.1 Å². The molecule has 4 rings (SSSR count). The van der Waals surface area contributed by atoms with Gasteiger partial charge < -0.3 is 0 Å². The second kappa shape index (κ2) is 6.27. The van der Waals surface area contributed by atoms with Crippen molar-refractivity contribution in [1.29, 1.82) is 0 Å². The Balaban J connectivity index is 2.01. The summed E-state index contributed by atoms with van der Waals surface area (Å²) >= 11 is 1.35. The van der Waals surface area contributed by atoms with Crippen molar-refractivity contribution in [3.8, 4) is 0 Å². The summed E-state index contributed by atoms with van der Waals surface area (Å²) < 4.78 is 9.57. The van der Waals surface area contributed by atoms with Gasteiger partial charge in [0.25, 0.3) is 0 Å². The maximum Gasteiger partial charge on any atom is 0.113 e. The second-order valence-electron chi connectivity index (χ2n) is 8.33. The molecule has 1 aromatic carbocycles. The fraction of sp³-hybridized carbons (Fsp3) is 0.417. The van der Waals surface area contributed by atoms with E-state index in [1.54, 1.807) is 0 Å². The molecular weight excluding hydrogens is 348 g/mol. The molecule has 0 fully saturated rings. The van der Waals surface area contributed by atoms with Crippen LogP contribution in [0.15, 0.2) is 33.4 Å². The van der Waals surface area contributed by atoms with Gasteiger partial charge in [-0.15, -0.1) is 0 Å². The van der Waals surface area contributed by atoms with E-state index >= 15 is 0 Å². The van der Waals surface area contributed by atoms with Crippen molar-refractivity contribution in [2.45, 2.75) is 68.2 Å². The Hall–Kier alpha value is -2.00. The van der Waals surface area contributed by atoms with Gasteiger partial charge in [0.1, 0.15) is 11.0 Å². The van der Waals surface area contributed by atoms with E-state index in [-0.39, 0.29) is 0 Å². The number of hydrogen-bond acceptors (Lipinski definition) is 3. The van der Waals surface area contributed by atoms with E-state index in [4.69, 9.17) is 8.75 Å². The quantitative estimate of drug-likeness (QED) is 0.548. The van der Waals surface area contributed by atoms with E-state index in [1.165, 1.54) is 78.6 Å². The van der Waals surface area contributed by atoms with Crippen molar-refractivity contribution in [2.24, 2.45) is 0 Å². The predicted molar refractivity (Wildman–Crippen MR) is 118 cm³/mol. The fourth-order valence-corrected chi connectivity index (χ4v) is 5.25. The Bertz CT molecular complexity index is 1040. The predicted octanol–water partition coefficient (Wildman–Crippen LogP) is 7.34. The number of aromatic nitrogens is 2. The zero-order valence-electron chi connectivity index (χ0n) is 17.7. The molecule has 2 aliphatic carbocycles. The first-order valence-corrected chi connectivity index (χ1v) is 10.5. The Morgan fingerprint density at radius 3 is 1.22 bits per heavy atom. The second-order valence-corrected chi connectivity index (χ2v) is 8.86. The maximum atomic E-state index is 4.79. The van der Waals surface area contributed by atoms with Crippen LogP contribution >= 0.6 is 11.7 Å². The smallest absolute Gasteiger partial charge is 0.113 e. The molecule has 0 radical (unpaired) electrons. The van der Waals surface area contributed by atoms with Crippen molar-refractivity contribution >= 4 is 33.9 Å². The lowest BCUT2D eigenvalue weighted by molar-refractivity contribution is 1.20. The van der Waals surface area contributed by atoms with Gasteiger partial charge in [0.15, 0.2) is 0 Å². The van der Waals surface area contributed by atoms with Crippen LogP contribution in [-0.2, 0) is 0 Å². The summed E-state index contributed by atoms with van der Waals surface area (Å²) in [6.45, 7) is 18.1. The molecule has 0 unspecified atom stereocenters. The summed E-state index contributed by atoms with van der Waals surface area (Å²) in [5.41, 5.74) is 19.1. The van der Waals surface area contributed by atoms with Crippen LogP contribution in [-0.4, -0.2) is 8.75 Å². The number of nitrogens with zero attached hydrogens (tertiary/aromatic N) is 2. The van der Waals surface area contributed by atoms with Crippen molar-refractivity contribution in [2.75, 3.05) is 0 Å². The van der Waals surface area contributed by atoms with Crippen molar-refractivity contribution in [3.63, 3.8) is 0 Å². The minimum atomic E-state index is 1.03. The van der Waals surface area contributed by atoms with Gasteiger partial charge >= 0.3 is 0 Å². The molecule has 2 aromatic rings. The highest BCUT2D eigenvalue weighted by atomic mass is 32.1. The summed E-state index contributed by atoms with van der Waals surface area (Å²) in [6.07, 6.45) is 2.07. The number of rotatable bonds is 2. The molecule has 0 spiro atoms. The van der Waals surface area contributed by atoms with Crippen LogP contribution in [0.1, 0.15) is 76.6 Å². The molecule has 0 saturated heterocycles. The van der Waals surface area contributed by atoms with Gasteiger partial charge in [0, 0.05) is 11.1 Å². The third-order valence-electron chi connectivity index (χ3n) is 7.07. The molecule has 0 N–H and O–H groups in total. The molecule has 0 atom stereocenters. The average Bonchev–Trinajstić information content (AvgIpc) is 3.27. The maximum absolute atomic E-state index is 4.79. The summed E-state index contributed by atoms with van der Waals surface area (Å²) in [5, 5.41) is 0. The lowest BCUT2D eigenvalue weighted by atomic mass is 9.85. The lowest BCUT2D eigenvalue weighted by Gasteiger charge is -2.18. The van der Waals surface area contributed by atoms with Crippen LogP contribution in [0.5, 0.6) is 0 Å². The normalized spacial score (nSPS) is 18.2. The molecule has 0 bridgehead atoms. The van der Waals surface area contributed by atoms with Gasteiger partial charge in [-0.3, -0.25) is 0 Å². The van der Waals surface area contributed by atoms with Gasteiger partial charge in [0.05, 0.1) is 11.7 Å². The van der Waals surface area contributed by atoms with Crippen LogP contribution in [0.2, 0.25) is 0 Å². The van der Waals surface area contributed by atoms with Crippen LogP contribution in [0.25, 0.3) is 22.2 Å². The first-order chi connectivity index (χ1) is 12.7. The summed E-state index contributed by atoms with van der Waals surface area (Å²) in [6, 6.07) is 0. The lowest BCUT2D eigenvalue weighted by Crippen LogP contribution is -2.01. The topological polar surface area (TPSA) is 25.8 Å². The van der Waals surface area contributed by atoms with Gasteiger partial charge in [-0.05, 0) is 113 Å². The fourth-order valence-electron chi connectivity index (χ4n) is 4.69. The van der Waals surface area contributed by atoms with E-state index in [1.807, 2.05) is 0 Å². The van der Waals surface area contributed by atoms with E-state index in [0.29, 0.717) is 0 Å². The number of fused-ring (bicyclic) bond motifs is 1. The van der Waals surface area contributed by atoms with Crippen LogP contribution in [0.4, 0.5) is 0 Å². The molecule has 0 aliphatic heterocycles. The summed E-state index contributed by atoms with van der Waals surface area (Å²) in [5.74, 6) is 0. The molecule has 2 aliphatic rings. The Morgan fingerprint density at radius 2 is 0.926 bits per heavy atom. The molecule has 2 nitrogen and oxygen atoms in total. The standard InChI is InChI=1S/C24H28N2S/c1-11-9-19(15(5)13(11)3)21-17(7)18(8)22(24-23(21)25-27-26-24)20-10-12(2)14(4)16(20)6/h9-10H2,1-8H3. The monoisotopic (exact) mass is 376 g/mol. The van der Waals surface area contributed by atoms with Gasteiger partial charge in [-0.25, -0.2) is 0 Å². The van der Waals surface area contributed by atoms with Crippen LogP contribution in [0, 0.1) is 13.8 Å². The van der Waals surface area contributed by atoms with E-state index in [9.17, 15) is 0 Å².